The molecule has 1 aliphatic rings. The van der Waals surface area contributed by atoms with Crippen molar-refractivity contribution in [3.63, 3.8) is 0 Å². The first-order chi connectivity index (χ1) is 11.3. The highest BCUT2D eigenvalue weighted by molar-refractivity contribution is 5.35. The summed E-state index contributed by atoms with van der Waals surface area (Å²) >= 11 is 0. The molecule has 0 saturated heterocycles. The molecule has 1 saturated carbocycles. The van der Waals surface area contributed by atoms with Crippen molar-refractivity contribution < 1.29 is 9.47 Å². The minimum absolute atomic E-state index is 0.307. The lowest BCUT2D eigenvalue weighted by molar-refractivity contribution is 0.215. The van der Waals surface area contributed by atoms with Crippen LogP contribution in [0.3, 0.4) is 0 Å². The smallest absolute Gasteiger partial charge is 0.124 e. The Morgan fingerprint density at radius 2 is 1.65 bits per heavy atom. The van der Waals surface area contributed by atoms with Gasteiger partial charge in [-0.3, -0.25) is 0 Å². The van der Waals surface area contributed by atoms with Gasteiger partial charge < -0.3 is 14.8 Å². The Morgan fingerprint density at radius 3 is 2.43 bits per heavy atom. The third-order valence-corrected chi connectivity index (χ3v) is 4.15. The van der Waals surface area contributed by atoms with Gasteiger partial charge >= 0.3 is 0 Å². The first-order valence-corrected chi connectivity index (χ1v) is 8.46. The lowest BCUT2D eigenvalue weighted by Crippen LogP contribution is -2.22. The number of hydrogen-bond donors (Lipinski definition) is 1. The summed E-state index contributed by atoms with van der Waals surface area (Å²) in [6.07, 6.45) is 2.74. The number of hydrogen-bond acceptors (Lipinski definition) is 3. The predicted molar refractivity (Wildman–Crippen MR) is 93.0 cm³/mol. The van der Waals surface area contributed by atoms with Gasteiger partial charge in [0.05, 0.1) is 0 Å². The summed E-state index contributed by atoms with van der Waals surface area (Å²) in [6, 6.07) is 18.4. The summed E-state index contributed by atoms with van der Waals surface area (Å²) in [5.41, 5.74) is 1.22. The van der Waals surface area contributed by atoms with Crippen LogP contribution in [0.1, 0.15) is 31.4 Å². The zero-order valence-corrected chi connectivity index (χ0v) is 13.7. The molecule has 122 valence electrons. The average molecular weight is 311 g/mol. The molecule has 0 spiro atoms. The summed E-state index contributed by atoms with van der Waals surface area (Å²) in [4.78, 5) is 0. The van der Waals surface area contributed by atoms with Gasteiger partial charge in [-0.25, -0.2) is 0 Å². The Bertz CT molecular complexity index is 596. The highest BCUT2D eigenvalue weighted by Crippen LogP contribution is 2.30. The van der Waals surface area contributed by atoms with Gasteiger partial charge in [0, 0.05) is 11.6 Å². The van der Waals surface area contributed by atoms with Crippen molar-refractivity contribution in [3.8, 4) is 11.5 Å². The topological polar surface area (TPSA) is 30.5 Å². The minimum atomic E-state index is 0.307. The Morgan fingerprint density at radius 1 is 0.957 bits per heavy atom. The van der Waals surface area contributed by atoms with Crippen LogP contribution in [0.15, 0.2) is 54.6 Å². The standard InChI is InChI=1S/C20H25NO2/c1-16(21-15-17-11-12-17)19-9-5-6-10-20(19)23-14-13-22-18-7-3-2-4-8-18/h2-10,16-17,21H,11-15H2,1H3. The molecule has 3 nitrogen and oxygen atoms in total. The van der Waals surface area contributed by atoms with Gasteiger partial charge in [-0.05, 0) is 50.4 Å². The second-order valence-corrected chi connectivity index (χ2v) is 6.12. The van der Waals surface area contributed by atoms with Crippen LogP contribution in [0, 0.1) is 5.92 Å². The molecule has 23 heavy (non-hydrogen) atoms. The first kappa shape index (κ1) is 15.9. The molecule has 0 aromatic heterocycles. The van der Waals surface area contributed by atoms with Crippen LogP contribution in [-0.4, -0.2) is 19.8 Å². The lowest BCUT2D eigenvalue weighted by Gasteiger charge is -2.18. The van der Waals surface area contributed by atoms with Crippen LogP contribution < -0.4 is 14.8 Å². The zero-order valence-electron chi connectivity index (χ0n) is 13.7. The molecule has 0 radical (unpaired) electrons. The zero-order chi connectivity index (χ0) is 15.9. The fourth-order valence-corrected chi connectivity index (χ4v) is 2.57. The Hall–Kier alpha value is -2.00. The van der Waals surface area contributed by atoms with E-state index < -0.39 is 0 Å². The van der Waals surface area contributed by atoms with Crippen molar-refractivity contribution in [2.45, 2.75) is 25.8 Å². The quantitative estimate of drug-likeness (QED) is 0.704. The average Bonchev–Trinajstić information content (AvgIpc) is 3.42. The molecule has 0 amide bonds. The largest absolute Gasteiger partial charge is 0.490 e. The van der Waals surface area contributed by atoms with Crippen molar-refractivity contribution >= 4 is 0 Å². The number of ether oxygens (including phenoxy) is 2. The first-order valence-electron chi connectivity index (χ1n) is 8.46. The molecule has 2 aromatic rings. The van der Waals surface area contributed by atoms with E-state index in [4.69, 9.17) is 9.47 Å². The van der Waals surface area contributed by atoms with Crippen molar-refractivity contribution in [1.29, 1.82) is 0 Å². The molecule has 3 rings (SSSR count). The van der Waals surface area contributed by atoms with Crippen LogP contribution in [-0.2, 0) is 0 Å². The van der Waals surface area contributed by atoms with Crippen molar-refractivity contribution in [3.05, 3.63) is 60.2 Å². The molecule has 1 fully saturated rings. The van der Waals surface area contributed by atoms with Gasteiger partial charge in [0.2, 0.25) is 0 Å². The summed E-state index contributed by atoms with van der Waals surface area (Å²) in [6.45, 7) is 4.39. The number of nitrogens with one attached hydrogen (secondary N) is 1. The fourth-order valence-electron chi connectivity index (χ4n) is 2.57. The van der Waals surface area contributed by atoms with Gasteiger partial charge in [-0.15, -0.1) is 0 Å². The summed E-state index contributed by atoms with van der Waals surface area (Å²) < 4.78 is 11.6. The summed E-state index contributed by atoms with van der Waals surface area (Å²) in [7, 11) is 0. The monoisotopic (exact) mass is 311 g/mol. The number of para-hydroxylation sites is 2. The molecule has 0 bridgehead atoms. The number of rotatable bonds is 9. The highest BCUT2D eigenvalue weighted by Gasteiger charge is 2.22. The van der Waals surface area contributed by atoms with Gasteiger partial charge in [0.15, 0.2) is 0 Å². The SMILES string of the molecule is CC(NCC1CC1)c1ccccc1OCCOc1ccccc1. The van der Waals surface area contributed by atoms with Gasteiger partial charge in [-0.1, -0.05) is 36.4 Å². The molecular formula is C20H25NO2. The Labute approximate surface area is 138 Å². The van der Waals surface area contributed by atoms with Crippen molar-refractivity contribution in [2.24, 2.45) is 5.92 Å². The third-order valence-electron chi connectivity index (χ3n) is 4.15. The summed E-state index contributed by atoms with van der Waals surface area (Å²) in [5.74, 6) is 2.70. The van der Waals surface area contributed by atoms with E-state index in [1.54, 1.807) is 0 Å². The van der Waals surface area contributed by atoms with Crippen molar-refractivity contribution in [1.82, 2.24) is 5.32 Å². The van der Waals surface area contributed by atoms with Crippen LogP contribution in [0.25, 0.3) is 0 Å². The molecule has 1 N–H and O–H groups in total. The molecule has 2 aromatic carbocycles. The molecule has 3 heteroatoms. The Balaban J connectivity index is 1.48. The van der Waals surface area contributed by atoms with Gasteiger partial charge in [0.25, 0.3) is 0 Å². The van der Waals surface area contributed by atoms with E-state index >= 15 is 0 Å². The molecule has 0 heterocycles. The third kappa shape index (κ3) is 5.00. The second kappa shape index (κ2) is 8.02. The van der Waals surface area contributed by atoms with Gasteiger partial charge in [-0.2, -0.15) is 0 Å². The predicted octanol–water partition coefficient (Wildman–Crippen LogP) is 4.21. The summed E-state index contributed by atoms with van der Waals surface area (Å²) in [5, 5.41) is 3.61. The van der Waals surface area contributed by atoms with Crippen molar-refractivity contribution in [2.75, 3.05) is 19.8 Å². The van der Waals surface area contributed by atoms with Crippen LogP contribution in [0.4, 0.5) is 0 Å². The number of benzene rings is 2. The molecule has 1 aliphatic carbocycles. The van der Waals surface area contributed by atoms with E-state index in [0.717, 1.165) is 24.0 Å². The fraction of sp³-hybridized carbons (Fsp3) is 0.400. The second-order valence-electron chi connectivity index (χ2n) is 6.12. The Kier molecular flexibility index (Phi) is 5.54. The van der Waals surface area contributed by atoms with E-state index in [0.29, 0.717) is 19.3 Å². The minimum Gasteiger partial charge on any atom is -0.490 e. The highest BCUT2D eigenvalue weighted by atomic mass is 16.5. The molecule has 1 atom stereocenters. The van der Waals surface area contributed by atoms with Crippen LogP contribution in [0.2, 0.25) is 0 Å². The van der Waals surface area contributed by atoms with E-state index in [2.05, 4.69) is 24.4 Å². The molecule has 1 unspecified atom stereocenters. The van der Waals surface area contributed by atoms with E-state index in [1.807, 2.05) is 42.5 Å². The van der Waals surface area contributed by atoms with Crippen LogP contribution in [0.5, 0.6) is 11.5 Å². The van der Waals surface area contributed by atoms with E-state index in [-0.39, 0.29) is 0 Å². The van der Waals surface area contributed by atoms with Gasteiger partial charge in [0.1, 0.15) is 24.7 Å². The maximum absolute atomic E-state index is 5.94. The van der Waals surface area contributed by atoms with E-state index in [1.165, 1.54) is 18.4 Å². The van der Waals surface area contributed by atoms with Crippen LogP contribution >= 0.6 is 0 Å². The lowest BCUT2D eigenvalue weighted by atomic mass is 10.1. The maximum Gasteiger partial charge on any atom is 0.124 e. The maximum atomic E-state index is 5.94. The van der Waals surface area contributed by atoms with E-state index in [9.17, 15) is 0 Å². The molecular weight excluding hydrogens is 286 g/mol. The molecule has 0 aliphatic heterocycles. The normalized spacial score (nSPS) is 15.2.